The van der Waals surface area contributed by atoms with Crippen LogP contribution in [0, 0.1) is 11.3 Å². The lowest BCUT2D eigenvalue weighted by molar-refractivity contribution is -0.245. The van der Waals surface area contributed by atoms with Gasteiger partial charge in [0.15, 0.2) is 5.54 Å². The molecule has 1 unspecified atom stereocenters. The molecule has 0 aromatic heterocycles. The van der Waals surface area contributed by atoms with Crippen LogP contribution in [0.1, 0.15) is 24.8 Å². The molecule has 1 fully saturated rings. The lowest BCUT2D eigenvalue weighted by Gasteiger charge is -2.48. The third kappa shape index (κ3) is 3.47. The molecule has 1 aliphatic heterocycles. The number of thioether (sulfide) groups is 1. The topological polar surface area (TPSA) is 44.1 Å². The van der Waals surface area contributed by atoms with Gasteiger partial charge in [-0.15, -0.1) is 11.8 Å². The van der Waals surface area contributed by atoms with Crippen LogP contribution in [0.3, 0.4) is 0 Å². The van der Waals surface area contributed by atoms with Gasteiger partial charge in [-0.3, -0.25) is 4.79 Å². The Hall–Kier alpha value is -1.68. The Kier molecular flexibility index (Phi) is 5.58. The second kappa shape index (κ2) is 7.26. The first-order chi connectivity index (χ1) is 10.9. The minimum Gasteiger partial charge on any atom is -0.324 e. The van der Waals surface area contributed by atoms with Crippen molar-refractivity contribution in [3.05, 3.63) is 35.9 Å². The summed E-state index contributed by atoms with van der Waals surface area (Å²) in [4.78, 5) is 13.4. The van der Waals surface area contributed by atoms with E-state index >= 15 is 0 Å². The van der Waals surface area contributed by atoms with Gasteiger partial charge in [0.1, 0.15) is 0 Å². The Labute approximate surface area is 137 Å². The molecule has 0 aliphatic carbocycles. The van der Waals surface area contributed by atoms with Crippen molar-refractivity contribution >= 4 is 17.7 Å². The largest absolute Gasteiger partial charge is 0.415 e. The van der Waals surface area contributed by atoms with Gasteiger partial charge in [0.25, 0.3) is 0 Å². The van der Waals surface area contributed by atoms with Gasteiger partial charge in [-0.1, -0.05) is 30.3 Å². The lowest BCUT2D eigenvalue weighted by Crippen LogP contribution is -2.60. The van der Waals surface area contributed by atoms with Crippen molar-refractivity contribution < 1.29 is 18.0 Å². The van der Waals surface area contributed by atoms with E-state index in [0.717, 1.165) is 16.7 Å². The highest BCUT2D eigenvalue weighted by Crippen LogP contribution is 2.49. The highest BCUT2D eigenvalue weighted by molar-refractivity contribution is 8.00. The average molecular weight is 342 g/mol. The summed E-state index contributed by atoms with van der Waals surface area (Å²) in [6.07, 6.45) is -3.71. The maximum atomic E-state index is 14.0. The van der Waals surface area contributed by atoms with E-state index in [0.29, 0.717) is 12.8 Å². The molecule has 7 heteroatoms. The summed E-state index contributed by atoms with van der Waals surface area (Å²) in [7, 11) is 0. The number of carbonyl (C=O) groups excluding carboxylic acids is 1. The number of halogens is 3. The molecular weight excluding hydrogens is 325 g/mol. The van der Waals surface area contributed by atoms with Crippen LogP contribution >= 0.6 is 11.8 Å². The van der Waals surface area contributed by atoms with Crippen LogP contribution in [0.25, 0.3) is 0 Å². The summed E-state index contributed by atoms with van der Waals surface area (Å²) in [5.74, 6) is -0.589. The molecule has 1 saturated heterocycles. The number of likely N-dealkylation sites (tertiary alicyclic amines) is 1. The summed E-state index contributed by atoms with van der Waals surface area (Å²) < 4.78 is 42.1. The Morgan fingerprint density at radius 1 is 1.30 bits per heavy atom. The minimum atomic E-state index is -4.55. The molecule has 0 bridgehead atoms. The molecular formula is C16H17F3N2OS. The lowest BCUT2D eigenvalue weighted by atomic mass is 9.79. The number of amides is 1. The second-order valence-corrected chi connectivity index (χ2v) is 6.36. The van der Waals surface area contributed by atoms with Crippen molar-refractivity contribution in [2.45, 2.75) is 31.0 Å². The van der Waals surface area contributed by atoms with Crippen LogP contribution in [0.15, 0.2) is 30.3 Å². The van der Waals surface area contributed by atoms with Crippen molar-refractivity contribution in [2.75, 3.05) is 18.1 Å². The number of alkyl halides is 3. The molecule has 3 nitrogen and oxygen atoms in total. The average Bonchev–Trinajstić information content (AvgIpc) is 2.54. The molecule has 1 aromatic carbocycles. The van der Waals surface area contributed by atoms with Crippen molar-refractivity contribution in [1.29, 1.82) is 5.26 Å². The van der Waals surface area contributed by atoms with E-state index in [4.69, 9.17) is 5.26 Å². The molecule has 23 heavy (non-hydrogen) atoms. The van der Waals surface area contributed by atoms with E-state index in [-0.39, 0.29) is 30.0 Å². The monoisotopic (exact) mass is 342 g/mol. The predicted molar refractivity (Wildman–Crippen MR) is 82.7 cm³/mol. The summed E-state index contributed by atoms with van der Waals surface area (Å²) in [5.41, 5.74) is -2.16. The van der Waals surface area contributed by atoms with Crippen LogP contribution in [0.4, 0.5) is 13.2 Å². The number of hydrogen-bond acceptors (Lipinski definition) is 3. The summed E-state index contributed by atoms with van der Waals surface area (Å²) in [6, 6.07) is 9.52. The van der Waals surface area contributed by atoms with E-state index < -0.39 is 17.6 Å². The smallest absolute Gasteiger partial charge is 0.324 e. The minimum absolute atomic E-state index is 0.0837. The van der Waals surface area contributed by atoms with Crippen molar-refractivity contribution in [2.24, 2.45) is 0 Å². The standard InChI is InChI=1S/C16H17F3N2OS/c17-16(18,19)15(13-6-2-1-3-7-13)8-4-5-10-21(15)14(22)12-23-11-9-20/h1-3,6-7H,4-5,8,10-12H2. The van der Waals surface area contributed by atoms with E-state index in [9.17, 15) is 18.0 Å². The normalized spacial score (nSPS) is 21.7. The molecule has 1 aliphatic rings. The molecule has 2 rings (SSSR count). The molecule has 1 aromatic rings. The summed E-state index contributed by atoms with van der Waals surface area (Å²) in [6.45, 7) is 0.0837. The summed E-state index contributed by atoms with van der Waals surface area (Å²) in [5, 5.41) is 8.52. The SMILES string of the molecule is N#CCSCC(=O)N1CCCCC1(c1ccccc1)C(F)(F)F. The number of rotatable bonds is 4. The number of nitriles is 1. The second-order valence-electron chi connectivity index (χ2n) is 5.38. The number of benzene rings is 1. The zero-order chi connectivity index (χ0) is 16.9. The molecule has 1 atom stereocenters. The Morgan fingerprint density at radius 2 is 2.00 bits per heavy atom. The van der Waals surface area contributed by atoms with Gasteiger partial charge in [0.2, 0.25) is 5.91 Å². The molecule has 0 radical (unpaired) electrons. The highest BCUT2D eigenvalue weighted by atomic mass is 32.2. The zero-order valence-electron chi connectivity index (χ0n) is 12.5. The fourth-order valence-electron chi connectivity index (χ4n) is 3.05. The van der Waals surface area contributed by atoms with Crippen molar-refractivity contribution in [3.8, 4) is 6.07 Å². The van der Waals surface area contributed by atoms with Crippen LogP contribution in [-0.2, 0) is 10.3 Å². The third-order valence-corrected chi connectivity index (χ3v) is 4.83. The molecule has 0 N–H and O–H groups in total. The molecule has 0 saturated carbocycles. The van der Waals surface area contributed by atoms with E-state index in [1.807, 2.05) is 6.07 Å². The van der Waals surface area contributed by atoms with Gasteiger partial charge in [-0.25, -0.2) is 0 Å². The summed E-state index contributed by atoms with van der Waals surface area (Å²) >= 11 is 1.04. The Morgan fingerprint density at radius 3 is 2.61 bits per heavy atom. The maximum absolute atomic E-state index is 14.0. The van der Waals surface area contributed by atoms with E-state index in [1.165, 1.54) is 12.1 Å². The number of hydrogen-bond donors (Lipinski definition) is 0. The highest BCUT2D eigenvalue weighted by Gasteiger charge is 2.61. The van der Waals surface area contributed by atoms with Gasteiger partial charge < -0.3 is 4.90 Å². The Bertz CT molecular complexity index is 585. The molecule has 1 amide bonds. The number of nitrogens with zero attached hydrogens (tertiary/aromatic N) is 2. The van der Waals surface area contributed by atoms with Gasteiger partial charge in [0.05, 0.1) is 17.6 Å². The van der Waals surface area contributed by atoms with Gasteiger partial charge in [0, 0.05) is 6.54 Å². The first-order valence-electron chi connectivity index (χ1n) is 7.31. The maximum Gasteiger partial charge on any atom is 0.415 e. The molecule has 124 valence electrons. The van der Waals surface area contributed by atoms with Crippen molar-refractivity contribution in [1.82, 2.24) is 4.90 Å². The fraction of sp³-hybridized carbons (Fsp3) is 0.500. The quantitative estimate of drug-likeness (QED) is 0.784. The molecule has 1 heterocycles. The van der Waals surface area contributed by atoms with Crippen molar-refractivity contribution in [3.63, 3.8) is 0 Å². The first kappa shape index (κ1) is 17.7. The van der Waals surface area contributed by atoms with Crippen LogP contribution < -0.4 is 0 Å². The van der Waals surface area contributed by atoms with Crippen LogP contribution in [0.5, 0.6) is 0 Å². The van der Waals surface area contributed by atoms with Gasteiger partial charge in [-0.2, -0.15) is 18.4 Å². The fourth-order valence-corrected chi connectivity index (χ4v) is 3.57. The van der Waals surface area contributed by atoms with E-state index in [2.05, 4.69) is 0 Å². The number of carbonyl (C=O) groups is 1. The number of piperidine rings is 1. The molecule has 0 spiro atoms. The Balaban J connectivity index is 2.41. The van der Waals surface area contributed by atoms with Gasteiger partial charge >= 0.3 is 6.18 Å². The van der Waals surface area contributed by atoms with E-state index in [1.54, 1.807) is 18.2 Å². The first-order valence-corrected chi connectivity index (χ1v) is 8.46. The third-order valence-electron chi connectivity index (χ3n) is 4.04. The zero-order valence-corrected chi connectivity index (χ0v) is 13.3. The van der Waals surface area contributed by atoms with Crippen LogP contribution in [-0.4, -0.2) is 35.0 Å². The van der Waals surface area contributed by atoms with Crippen LogP contribution in [0.2, 0.25) is 0 Å². The van der Waals surface area contributed by atoms with Gasteiger partial charge in [-0.05, 0) is 24.8 Å². The predicted octanol–water partition coefficient (Wildman–Crippen LogP) is 3.71.